The molecule has 4 heteroatoms. The van der Waals surface area contributed by atoms with Crippen LogP contribution in [-0.2, 0) is 0 Å². The number of rotatable bonds is 6. The maximum Gasteiger partial charge on any atom is 0.122 e. The van der Waals surface area contributed by atoms with E-state index in [1.165, 1.54) is 25.7 Å². The zero-order valence-electron chi connectivity index (χ0n) is 12.0. The lowest BCUT2D eigenvalue weighted by Gasteiger charge is -2.24. The largest absolute Gasteiger partial charge is 0.497 e. The summed E-state index contributed by atoms with van der Waals surface area (Å²) in [5, 5.41) is 3.41. The SMILES string of the molecule is COc1cc(N)cc(NCCN(C)C2CCCC2)c1. The zero-order valence-corrected chi connectivity index (χ0v) is 12.0. The quantitative estimate of drug-likeness (QED) is 0.775. The summed E-state index contributed by atoms with van der Waals surface area (Å²) in [4.78, 5) is 2.46. The lowest BCUT2D eigenvalue weighted by atomic mass is 10.2. The topological polar surface area (TPSA) is 50.5 Å². The van der Waals surface area contributed by atoms with Crippen molar-refractivity contribution in [3.8, 4) is 5.75 Å². The first kappa shape index (κ1) is 14.0. The van der Waals surface area contributed by atoms with Gasteiger partial charge in [-0.05, 0) is 26.0 Å². The van der Waals surface area contributed by atoms with Crippen LogP contribution in [0.5, 0.6) is 5.75 Å². The minimum Gasteiger partial charge on any atom is -0.497 e. The van der Waals surface area contributed by atoms with Crippen molar-refractivity contribution in [1.29, 1.82) is 0 Å². The van der Waals surface area contributed by atoms with Crippen molar-refractivity contribution in [2.45, 2.75) is 31.7 Å². The second-order valence-corrected chi connectivity index (χ2v) is 5.34. The molecule has 19 heavy (non-hydrogen) atoms. The summed E-state index contributed by atoms with van der Waals surface area (Å²) in [5.74, 6) is 0.798. The number of hydrogen-bond donors (Lipinski definition) is 2. The number of methoxy groups -OCH3 is 1. The van der Waals surface area contributed by atoms with Gasteiger partial charge in [-0.3, -0.25) is 0 Å². The van der Waals surface area contributed by atoms with Crippen LogP contribution in [0, 0.1) is 0 Å². The number of hydrogen-bond acceptors (Lipinski definition) is 4. The van der Waals surface area contributed by atoms with Crippen LogP contribution in [-0.4, -0.2) is 38.2 Å². The molecule has 0 aliphatic heterocycles. The van der Waals surface area contributed by atoms with E-state index in [1.54, 1.807) is 7.11 Å². The van der Waals surface area contributed by atoms with E-state index in [0.29, 0.717) is 0 Å². The molecule has 1 fully saturated rings. The Labute approximate surface area is 115 Å². The average Bonchev–Trinajstić information content (AvgIpc) is 2.92. The summed E-state index contributed by atoms with van der Waals surface area (Å²) in [7, 11) is 3.88. The van der Waals surface area contributed by atoms with Gasteiger partial charge < -0.3 is 20.7 Å². The van der Waals surface area contributed by atoms with E-state index >= 15 is 0 Å². The molecule has 0 bridgehead atoms. The van der Waals surface area contributed by atoms with E-state index in [2.05, 4.69) is 17.3 Å². The predicted molar refractivity (Wildman–Crippen MR) is 80.8 cm³/mol. The van der Waals surface area contributed by atoms with Crippen LogP contribution in [0.2, 0.25) is 0 Å². The van der Waals surface area contributed by atoms with Crippen LogP contribution in [0.4, 0.5) is 11.4 Å². The highest BCUT2D eigenvalue weighted by molar-refractivity contribution is 5.59. The van der Waals surface area contributed by atoms with Crippen molar-refractivity contribution < 1.29 is 4.74 Å². The third-order valence-electron chi connectivity index (χ3n) is 3.91. The molecule has 3 N–H and O–H groups in total. The number of benzene rings is 1. The molecule has 0 amide bonds. The van der Waals surface area contributed by atoms with E-state index in [1.807, 2.05) is 18.2 Å². The van der Waals surface area contributed by atoms with Crippen LogP contribution < -0.4 is 15.8 Å². The lowest BCUT2D eigenvalue weighted by Crippen LogP contribution is -2.33. The number of likely N-dealkylation sites (N-methyl/N-ethyl adjacent to an activating group) is 1. The molecule has 1 saturated carbocycles. The summed E-state index contributed by atoms with van der Waals surface area (Å²) >= 11 is 0. The Balaban J connectivity index is 1.80. The fourth-order valence-electron chi connectivity index (χ4n) is 2.75. The fourth-order valence-corrected chi connectivity index (χ4v) is 2.75. The van der Waals surface area contributed by atoms with Gasteiger partial charge in [-0.2, -0.15) is 0 Å². The van der Waals surface area contributed by atoms with Gasteiger partial charge in [-0.25, -0.2) is 0 Å². The Morgan fingerprint density at radius 2 is 2.05 bits per heavy atom. The van der Waals surface area contributed by atoms with Crippen LogP contribution in [0.3, 0.4) is 0 Å². The van der Waals surface area contributed by atoms with E-state index in [9.17, 15) is 0 Å². The summed E-state index contributed by atoms with van der Waals surface area (Å²) in [6, 6.07) is 6.53. The third-order valence-corrected chi connectivity index (χ3v) is 3.91. The first-order valence-electron chi connectivity index (χ1n) is 7.07. The molecule has 0 aromatic heterocycles. The average molecular weight is 263 g/mol. The Bertz CT molecular complexity index is 402. The second-order valence-electron chi connectivity index (χ2n) is 5.34. The minimum absolute atomic E-state index is 0.728. The molecule has 0 heterocycles. The molecule has 1 aromatic carbocycles. The minimum atomic E-state index is 0.728. The maximum absolute atomic E-state index is 5.84. The molecule has 0 radical (unpaired) electrons. The van der Waals surface area contributed by atoms with Crippen molar-refractivity contribution >= 4 is 11.4 Å². The molecule has 1 aliphatic carbocycles. The summed E-state index contributed by atoms with van der Waals surface area (Å²) < 4.78 is 5.21. The number of nitrogens with one attached hydrogen (secondary N) is 1. The molecular weight excluding hydrogens is 238 g/mol. The van der Waals surface area contributed by atoms with Gasteiger partial charge in [0.1, 0.15) is 5.75 Å². The maximum atomic E-state index is 5.84. The van der Waals surface area contributed by atoms with Crippen molar-refractivity contribution in [2.24, 2.45) is 0 Å². The van der Waals surface area contributed by atoms with Gasteiger partial charge in [0, 0.05) is 42.6 Å². The number of nitrogens with zero attached hydrogens (tertiary/aromatic N) is 1. The van der Waals surface area contributed by atoms with Crippen LogP contribution in [0.15, 0.2) is 18.2 Å². The number of nitrogen functional groups attached to an aromatic ring is 1. The summed E-state index contributed by atoms with van der Waals surface area (Å²) in [6.07, 6.45) is 5.47. The van der Waals surface area contributed by atoms with Gasteiger partial charge in [-0.15, -0.1) is 0 Å². The Morgan fingerprint density at radius 3 is 2.74 bits per heavy atom. The number of nitrogens with two attached hydrogens (primary N) is 1. The highest BCUT2D eigenvalue weighted by atomic mass is 16.5. The van der Waals surface area contributed by atoms with Crippen molar-refractivity contribution in [3.63, 3.8) is 0 Å². The van der Waals surface area contributed by atoms with Gasteiger partial charge in [0.2, 0.25) is 0 Å². The van der Waals surface area contributed by atoms with E-state index < -0.39 is 0 Å². The van der Waals surface area contributed by atoms with Crippen molar-refractivity contribution in [2.75, 3.05) is 38.3 Å². The van der Waals surface area contributed by atoms with Gasteiger partial charge in [0.25, 0.3) is 0 Å². The van der Waals surface area contributed by atoms with E-state index in [4.69, 9.17) is 10.5 Å². The van der Waals surface area contributed by atoms with Gasteiger partial charge in [0.05, 0.1) is 7.11 Å². The molecule has 4 nitrogen and oxygen atoms in total. The van der Waals surface area contributed by atoms with Crippen molar-refractivity contribution in [1.82, 2.24) is 4.90 Å². The molecular formula is C15H25N3O. The third kappa shape index (κ3) is 4.03. The second kappa shape index (κ2) is 6.66. The summed E-state index contributed by atoms with van der Waals surface area (Å²) in [5.41, 5.74) is 7.59. The Morgan fingerprint density at radius 1 is 1.32 bits per heavy atom. The molecule has 0 atom stereocenters. The van der Waals surface area contributed by atoms with Gasteiger partial charge >= 0.3 is 0 Å². The molecule has 2 rings (SSSR count). The molecule has 0 saturated heterocycles. The molecule has 1 aromatic rings. The highest BCUT2D eigenvalue weighted by Gasteiger charge is 2.18. The van der Waals surface area contributed by atoms with E-state index in [0.717, 1.165) is 36.3 Å². The zero-order chi connectivity index (χ0) is 13.7. The summed E-state index contributed by atoms with van der Waals surface area (Å²) in [6.45, 7) is 1.99. The monoisotopic (exact) mass is 263 g/mol. The lowest BCUT2D eigenvalue weighted by molar-refractivity contribution is 0.254. The van der Waals surface area contributed by atoms with Gasteiger partial charge in [0.15, 0.2) is 0 Å². The first-order valence-corrected chi connectivity index (χ1v) is 7.07. The van der Waals surface area contributed by atoms with E-state index in [-0.39, 0.29) is 0 Å². The van der Waals surface area contributed by atoms with Crippen LogP contribution in [0.25, 0.3) is 0 Å². The molecule has 106 valence electrons. The number of ether oxygens (including phenoxy) is 1. The van der Waals surface area contributed by atoms with Crippen molar-refractivity contribution in [3.05, 3.63) is 18.2 Å². The Kier molecular flexibility index (Phi) is 4.91. The first-order chi connectivity index (χ1) is 9.19. The normalized spacial score (nSPS) is 15.9. The molecule has 0 unspecified atom stereocenters. The van der Waals surface area contributed by atoms with Crippen LogP contribution >= 0.6 is 0 Å². The highest BCUT2D eigenvalue weighted by Crippen LogP contribution is 2.23. The molecule has 1 aliphatic rings. The smallest absolute Gasteiger partial charge is 0.122 e. The number of anilines is 2. The predicted octanol–water partition coefficient (Wildman–Crippen LogP) is 2.56. The fraction of sp³-hybridized carbons (Fsp3) is 0.600. The Hall–Kier alpha value is -1.42. The van der Waals surface area contributed by atoms with Crippen LogP contribution in [0.1, 0.15) is 25.7 Å². The standard InChI is InChI=1S/C15H25N3O/c1-18(14-5-3-4-6-14)8-7-17-13-9-12(16)10-15(11-13)19-2/h9-11,14,17H,3-8,16H2,1-2H3. The van der Waals surface area contributed by atoms with Gasteiger partial charge in [-0.1, -0.05) is 12.8 Å². The molecule has 0 spiro atoms.